The van der Waals surface area contributed by atoms with Crippen LogP contribution in [0.25, 0.3) is 0 Å². The van der Waals surface area contributed by atoms with Gasteiger partial charge in [-0.25, -0.2) is 13.2 Å². The third-order valence-corrected chi connectivity index (χ3v) is 6.60. The fraction of sp³-hybridized carbons (Fsp3) is 0.182. The average Bonchev–Trinajstić information content (AvgIpc) is 2.76. The largest absolute Gasteiger partial charge is 0.449 e. The number of nitrogens with zero attached hydrogens (tertiary/aromatic N) is 1. The van der Waals surface area contributed by atoms with E-state index in [1.807, 2.05) is 0 Å². The maximum Gasteiger partial charge on any atom is 0.340 e. The Morgan fingerprint density at radius 3 is 2.38 bits per heavy atom. The van der Waals surface area contributed by atoms with Gasteiger partial charge in [-0.2, -0.15) is 0 Å². The first-order valence-electron chi connectivity index (χ1n) is 9.40. The average molecular weight is 497 g/mol. The van der Waals surface area contributed by atoms with Crippen LogP contribution in [0.3, 0.4) is 0 Å². The van der Waals surface area contributed by atoms with Gasteiger partial charge in [0.15, 0.2) is 6.10 Å². The molecule has 0 aliphatic carbocycles. The van der Waals surface area contributed by atoms with Gasteiger partial charge >= 0.3 is 5.97 Å². The molecule has 170 valence electrons. The summed E-state index contributed by atoms with van der Waals surface area (Å²) in [5, 5.41) is 2.93. The van der Waals surface area contributed by atoms with Crippen LogP contribution in [0.2, 0.25) is 10.0 Å². The number of hydrogen-bond donors (Lipinski definition) is 1. The number of benzene rings is 2. The predicted octanol–water partition coefficient (Wildman–Crippen LogP) is 4.22. The van der Waals surface area contributed by atoms with Crippen molar-refractivity contribution in [3.8, 4) is 0 Å². The van der Waals surface area contributed by atoms with Gasteiger partial charge in [-0.05, 0) is 49.4 Å². The first-order valence-corrected chi connectivity index (χ1v) is 11.6. The molecule has 1 unspecified atom stereocenters. The molecule has 1 atom stereocenters. The highest BCUT2D eigenvalue weighted by Crippen LogP contribution is 2.28. The van der Waals surface area contributed by atoms with Crippen LogP contribution in [0.5, 0.6) is 0 Å². The molecule has 0 fully saturated rings. The van der Waals surface area contributed by atoms with Crippen LogP contribution in [0.15, 0.2) is 72.7 Å². The van der Waals surface area contributed by atoms with Crippen molar-refractivity contribution in [3.05, 3.63) is 83.4 Å². The van der Waals surface area contributed by atoms with Crippen molar-refractivity contribution in [2.24, 2.45) is 0 Å². The Hall–Kier alpha value is -2.81. The number of rotatable bonds is 10. The second-order valence-corrected chi connectivity index (χ2v) is 9.23. The molecule has 0 aliphatic heterocycles. The monoisotopic (exact) mass is 496 g/mol. The molecule has 0 bridgehead atoms. The van der Waals surface area contributed by atoms with E-state index in [-0.39, 0.29) is 28.6 Å². The third kappa shape index (κ3) is 6.12. The maximum atomic E-state index is 13.3. The second kappa shape index (κ2) is 11.2. The third-order valence-electron chi connectivity index (χ3n) is 4.23. The first kappa shape index (κ1) is 25.5. The lowest BCUT2D eigenvalue weighted by Gasteiger charge is -2.23. The second-order valence-electron chi connectivity index (χ2n) is 6.52. The van der Waals surface area contributed by atoms with Gasteiger partial charge in [0.05, 0.1) is 27.7 Å². The fourth-order valence-corrected chi connectivity index (χ4v) is 4.39. The molecule has 1 amide bonds. The number of hydrogen-bond acceptors (Lipinski definition) is 5. The Kier molecular flexibility index (Phi) is 8.89. The van der Waals surface area contributed by atoms with Gasteiger partial charge in [-0.1, -0.05) is 35.4 Å². The van der Waals surface area contributed by atoms with Gasteiger partial charge in [-0.3, -0.25) is 9.10 Å². The summed E-state index contributed by atoms with van der Waals surface area (Å²) in [6.07, 6.45) is 1.79. The molecule has 0 aromatic heterocycles. The molecule has 1 N–H and O–H groups in total. The quantitative estimate of drug-likeness (QED) is 0.392. The number of ether oxygens (including phenoxy) is 1. The molecule has 0 spiro atoms. The smallest absolute Gasteiger partial charge is 0.340 e. The first-order chi connectivity index (χ1) is 15.1. The molecule has 2 aromatic rings. The molecular formula is C22H22Cl2N2O5S. The van der Waals surface area contributed by atoms with Crippen molar-refractivity contribution in [2.75, 3.05) is 17.4 Å². The number of halogens is 2. The Labute approximate surface area is 197 Å². The van der Waals surface area contributed by atoms with Crippen LogP contribution in [0, 0.1) is 0 Å². The molecule has 0 aliphatic rings. The van der Waals surface area contributed by atoms with Crippen LogP contribution in [0.4, 0.5) is 5.69 Å². The van der Waals surface area contributed by atoms with Gasteiger partial charge < -0.3 is 10.1 Å². The van der Waals surface area contributed by atoms with Gasteiger partial charge in [0.25, 0.3) is 15.9 Å². The standard InChI is InChI=1S/C22H22Cl2N2O5S/c1-4-12-25-21(27)15(3)31-22(28)19-14-18(10-11-20(19)24)32(29,30)26(13-5-2)17-8-6-16(23)7-9-17/h4-11,14-15H,1-2,12-13H2,3H3,(H,25,27). The molecule has 2 rings (SSSR count). The zero-order chi connectivity index (χ0) is 23.9. The highest BCUT2D eigenvalue weighted by atomic mass is 35.5. The summed E-state index contributed by atoms with van der Waals surface area (Å²) >= 11 is 12.0. The van der Waals surface area contributed by atoms with Gasteiger partial charge in [0.1, 0.15) is 0 Å². The van der Waals surface area contributed by atoms with E-state index in [1.54, 1.807) is 24.3 Å². The number of anilines is 1. The molecule has 0 radical (unpaired) electrons. The summed E-state index contributed by atoms with van der Waals surface area (Å²) in [7, 11) is -4.10. The van der Waals surface area contributed by atoms with Gasteiger partial charge in [-0.15, -0.1) is 13.2 Å². The van der Waals surface area contributed by atoms with E-state index in [0.717, 1.165) is 10.4 Å². The van der Waals surface area contributed by atoms with E-state index in [1.165, 1.54) is 31.2 Å². The van der Waals surface area contributed by atoms with Crippen molar-refractivity contribution in [3.63, 3.8) is 0 Å². The highest BCUT2D eigenvalue weighted by Gasteiger charge is 2.27. The van der Waals surface area contributed by atoms with E-state index >= 15 is 0 Å². The Morgan fingerprint density at radius 2 is 1.78 bits per heavy atom. The van der Waals surface area contributed by atoms with Crippen molar-refractivity contribution < 1.29 is 22.7 Å². The fourth-order valence-electron chi connectivity index (χ4n) is 2.61. The summed E-state index contributed by atoms with van der Waals surface area (Å²) in [5.41, 5.74) is 0.173. The Balaban J connectivity index is 2.37. The molecule has 10 heteroatoms. The number of sulfonamides is 1. The summed E-state index contributed by atoms with van der Waals surface area (Å²) in [5.74, 6) is -1.46. The van der Waals surface area contributed by atoms with E-state index in [4.69, 9.17) is 27.9 Å². The highest BCUT2D eigenvalue weighted by molar-refractivity contribution is 7.92. The van der Waals surface area contributed by atoms with E-state index < -0.39 is 28.0 Å². The van der Waals surface area contributed by atoms with Crippen LogP contribution in [-0.2, 0) is 19.6 Å². The van der Waals surface area contributed by atoms with Crippen molar-refractivity contribution >= 4 is 50.8 Å². The van der Waals surface area contributed by atoms with Crippen molar-refractivity contribution in [2.45, 2.75) is 17.9 Å². The number of amides is 1. The summed E-state index contributed by atoms with van der Waals surface area (Å²) < 4.78 is 32.9. The number of carbonyl (C=O) groups excluding carboxylic acids is 2. The van der Waals surface area contributed by atoms with Crippen LogP contribution < -0.4 is 9.62 Å². The lowest BCUT2D eigenvalue weighted by molar-refractivity contribution is -0.128. The van der Waals surface area contributed by atoms with Crippen LogP contribution in [-0.4, -0.2) is 39.5 Å². The topological polar surface area (TPSA) is 92.8 Å². The van der Waals surface area contributed by atoms with Gasteiger partial charge in [0.2, 0.25) is 0 Å². The molecule has 7 nitrogen and oxygen atoms in total. The summed E-state index contributed by atoms with van der Waals surface area (Å²) in [4.78, 5) is 24.3. The van der Waals surface area contributed by atoms with E-state index in [2.05, 4.69) is 18.5 Å². The predicted molar refractivity (Wildman–Crippen MR) is 126 cm³/mol. The maximum absolute atomic E-state index is 13.3. The van der Waals surface area contributed by atoms with Crippen LogP contribution >= 0.6 is 23.2 Å². The van der Waals surface area contributed by atoms with Crippen LogP contribution in [0.1, 0.15) is 17.3 Å². The number of carbonyl (C=O) groups is 2. The Morgan fingerprint density at radius 1 is 1.12 bits per heavy atom. The lowest BCUT2D eigenvalue weighted by atomic mass is 10.2. The number of esters is 1. The molecule has 0 saturated carbocycles. The molecule has 0 heterocycles. The number of nitrogens with one attached hydrogen (secondary N) is 1. The molecule has 0 saturated heterocycles. The summed E-state index contributed by atoms with van der Waals surface area (Å²) in [6, 6.07) is 9.90. The van der Waals surface area contributed by atoms with E-state index in [9.17, 15) is 18.0 Å². The minimum absolute atomic E-state index is 0.0191. The van der Waals surface area contributed by atoms with Crippen molar-refractivity contribution in [1.82, 2.24) is 5.32 Å². The minimum Gasteiger partial charge on any atom is -0.449 e. The Bertz CT molecular complexity index is 1120. The zero-order valence-corrected chi connectivity index (χ0v) is 19.6. The molecule has 2 aromatic carbocycles. The van der Waals surface area contributed by atoms with Gasteiger partial charge in [0, 0.05) is 11.6 Å². The minimum atomic E-state index is -4.10. The van der Waals surface area contributed by atoms with E-state index in [0.29, 0.717) is 10.7 Å². The zero-order valence-electron chi connectivity index (χ0n) is 17.3. The lowest BCUT2D eigenvalue weighted by Crippen LogP contribution is -2.36. The normalized spacial score (nSPS) is 11.8. The molecular weight excluding hydrogens is 475 g/mol. The summed E-state index contributed by atoms with van der Waals surface area (Å²) in [6.45, 7) is 8.67. The van der Waals surface area contributed by atoms with Crippen molar-refractivity contribution in [1.29, 1.82) is 0 Å². The molecule has 32 heavy (non-hydrogen) atoms. The SMILES string of the molecule is C=CCNC(=O)C(C)OC(=O)c1cc(S(=O)(=O)N(CC=C)c2ccc(Cl)cc2)ccc1Cl.